The maximum absolute atomic E-state index is 6.43. The Morgan fingerprint density at radius 1 is 0.403 bits per heavy atom. The fraction of sp³-hybridized carbons (Fsp3) is 0.0508. The Labute approximate surface area is 363 Å². The summed E-state index contributed by atoms with van der Waals surface area (Å²) in [5, 5.41) is 1.08. The van der Waals surface area contributed by atoms with Crippen molar-refractivity contribution in [3.8, 4) is 61.7 Å². The summed E-state index contributed by atoms with van der Waals surface area (Å²) in [4.78, 5) is 2.36. The molecule has 10 aromatic rings. The van der Waals surface area contributed by atoms with E-state index >= 15 is 0 Å². The van der Waals surface area contributed by atoms with Crippen molar-refractivity contribution in [1.29, 1.82) is 0 Å². The van der Waals surface area contributed by atoms with Gasteiger partial charge < -0.3 is 14.2 Å². The zero-order chi connectivity index (χ0) is 41.6. The summed E-state index contributed by atoms with van der Waals surface area (Å²) in [6, 6.07) is 80.4. The molecule has 1 aliphatic rings. The van der Waals surface area contributed by atoms with Gasteiger partial charge in [0.15, 0.2) is 5.75 Å². The molecule has 62 heavy (non-hydrogen) atoms. The fourth-order valence-electron chi connectivity index (χ4n) is 9.25. The minimum atomic E-state index is -0.215. The highest BCUT2D eigenvalue weighted by Crippen LogP contribution is 2.51. The van der Waals surface area contributed by atoms with Gasteiger partial charge in [-0.25, -0.2) is 0 Å². The molecule has 0 atom stereocenters. The first kappa shape index (κ1) is 37.1. The number of benzene rings is 9. The van der Waals surface area contributed by atoms with E-state index < -0.39 is 0 Å². The van der Waals surface area contributed by atoms with Crippen LogP contribution in [0.3, 0.4) is 0 Å². The quantitative estimate of drug-likeness (QED) is 0.145. The molecule has 1 aliphatic carbocycles. The van der Waals surface area contributed by atoms with Gasteiger partial charge in [-0.05, 0) is 134 Å². The summed E-state index contributed by atoms with van der Waals surface area (Å²) in [7, 11) is 0. The Balaban J connectivity index is 0.944. The molecule has 0 fully saturated rings. The Bertz CT molecular complexity index is 3120. The Hall–Kier alpha value is -7.88. The third kappa shape index (κ3) is 6.65. The lowest BCUT2D eigenvalue weighted by Crippen LogP contribution is -2.15. The summed E-state index contributed by atoms with van der Waals surface area (Å²) in [5.74, 6) is 1.67. The standard InChI is InChI=1S/C59H44N2O/c1-59(2)55-38-46(29-35-52(55)53-36-34-49(39-56(53)59)60-40-58(54-23-12-13-24-57(54)60)62-51-21-10-5-11-22-51)45-19-14-20-50(37-45)61(47-30-25-43(26-31-47)41-15-6-3-7-16-41)48-32-27-44(28-33-48)42-17-8-4-9-18-42/h3-40H,1-2H3. The SMILES string of the molecule is CC1(C)c2cc(-c3cccc(N(c4ccc(-c5ccccc5)cc4)c4ccc(-c5ccccc5)cc4)c3)ccc2-c2ccc(-n3cc(Oc4ccccc4)c4ccccc43)cc21. The minimum absolute atomic E-state index is 0.215. The number of para-hydroxylation sites is 2. The summed E-state index contributed by atoms with van der Waals surface area (Å²) in [6.45, 7) is 4.72. The summed E-state index contributed by atoms with van der Waals surface area (Å²) >= 11 is 0. The van der Waals surface area contributed by atoms with Crippen LogP contribution in [0, 0.1) is 0 Å². The first-order valence-electron chi connectivity index (χ1n) is 21.3. The molecule has 0 saturated heterocycles. The van der Waals surface area contributed by atoms with Gasteiger partial charge in [-0.2, -0.15) is 0 Å². The molecule has 0 spiro atoms. The van der Waals surface area contributed by atoms with Crippen LogP contribution in [0.2, 0.25) is 0 Å². The average Bonchev–Trinajstić information content (AvgIpc) is 3.81. The number of nitrogens with zero attached hydrogens (tertiary/aromatic N) is 2. The number of rotatable bonds is 9. The zero-order valence-electron chi connectivity index (χ0n) is 34.7. The van der Waals surface area contributed by atoms with E-state index in [-0.39, 0.29) is 5.41 Å². The van der Waals surface area contributed by atoms with Crippen LogP contribution in [0.4, 0.5) is 17.1 Å². The van der Waals surface area contributed by atoms with Gasteiger partial charge in [0, 0.05) is 33.6 Å². The van der Waals surface area contributed by atoms with E-state index in [1.807, 2.05) is 30.3 Å². The third-order valence-corrected chi connectivity index (χ3v) is 12.5. The van der Waals surface area contributed by atoms with Gasteiger partial charge in [0.2, 0.25) is 0 Å². The lowest BCUT2D eigenvalue weighted by molar-refractivity contribution is 0.487. The molecule has 0 bridgehead atoms. The van der Waals surface area contributed by atoms with Crippen molar-refractivity contribution in [3.05, 3.63) is 242 Å². The van der Waals surface area contributed by atoms with Gasteiger partial charge in [-0.3, -0.25) is 0 Å². The van der Waals surface area contributed by atoms with E-state index in [1.165, 1.54) is 55.6 Å². The van der Waals surface area contributed by atoms with E-state index in [0.717, 1.165) is 45.2 Å². The van der Waals surface area contributed by atoms with E-state index in [1.54, 1.807) is 0 Å². The van der Waals surface area contributed by atoms with Gasteiger partial charge >= 0.3 is 0 Å². The first-order chi connectivity index (χ1) is 30.5. The van der Waals surface area contributed by atoms with Crippen molar-refractivity contribution in [2.75, 3.05) is 4.90 Å². The molecule has 0 N–H and O–H groups in total. The van der Waals surface area contributed by atoms with Crippen molar-refractivity contribution in [1.82, 2.24) is 4.57 Å². The number of aromatic nitrogens is 1. The molecule has 0 radical (unpaired) electrons. The Kier molecular flexibility index (Phi) is 9.17. The molecule has 0 amide bonds. The first-order valence-corrected chi connectivity index (χ1v) is 21.3. The summed E-state index contributed by atoms with van der Waals surface area (Å²) in [5.41, 5.74) is 17.7. The van der Waals surface area contributed by atoms with Gasteiger partial charge in [-0.1, -0.05) is 159 Å². The molecule has 0 aliphatic heterocycles. The molecular weight excluding hydrogens is 753 g/mol. The third-order valence-electron chi connectivity index (χ3n) is 12.5. The number of ether oxygens (including phenoxy) is 1. The number of hydrogen-bond acceptors (Lipinski definition) is 2. The van der Waals surface area contributed by atoms with Crippen LogP contribution in [0.25, 0.3) is 61.1 Å². The van der Waals surface area contributed by atoms with E-state index in [0.29, 0.717) is 0 Å². The maximum atomic E-state index is 6.43. The van der Waals surface area contributed by atoms with Gasteiger partial charge in [0.05, 0.1) is 11.7 Å². The monoisotopic (exact) mass is 796 g/mol. The normalized spacial score (nSPS) is 12.5. The van der Waals surface area contributed by atoms with Crippen LogP contribution in [-0.2, 0) is 5.41 Å². The molecule has 1 heterocycles. The number of fused-ring (bicyclic) bond motifs is 4. The second-order valence-corrected chi connectivity index (χ2v) is 16.6. The Morgan fingerprint density at radius 2 is 0.903 bits per heavy atom. The maximum Gasteiger partial charge on any atom is 0.153 e. The lowest BCUT2D eigenvalue weighted by Gasteiger charge is -2.27. The van der Waals surface area contributed by atoms with Crippen LogP contribution >= 0.6 is 0 Å². The van der Waals surface area contributed by atoms with Gasteiger partial charge in [0.1, 0.15) is 5.75 Å². The van der Waals surface area contributed by atoms with Crippen molar-refractivity contribution < 1.29 is 4.74 Å². The van der Waals surface area contributed by atoms with Crippen molar-refractivity contribution in [2.45, 2.75) is 19.3 Å². The summed E-state index contributed by atoms with van der Waals surface area (Å²) in [6.07, 6.45) is 2.12. The van der Waals surface area contributed by atoms with Crippen LogP contribution < -0.4 is 9.64 Å². The predicted octanol–water partition coefficient (Wildman–Crippen LogP) is 16.2. The highest BCUT2D eigenvalue weighted by molar-refractivity contribution is 5.90. The molecule has 9 aromatic carbocycles. The van der Waals surface area contributed by atoms with E-state index in [2.05, 4.69) is 224 Å². The van der Waals surface area contributed by atoms with E-state index in [4.69, 9.17) is 4.74 Å². The molecule has 0 unspecified atom stereocenters. The second-order valence-electron chi connectivity index (χ2n) is 16.6. The molecule has 296 valence electrons. The van der Waals surface area contributed by atoms with Crippen LogP contribution in [0.5, 0.6) is 11.5 Å². The zero-order valence-corrected chi connectivity index (χ0v) is 34.7. The predicted molar refractivity (Wildman–Crippen MR) is 258 cm³/mol. The minimum Gasteiger partial charge on any atom is -0.455 e. The fourth-order valence-corrected chi connectivity index (χ4v) is 9.25. The largest absolute Gasteiger partial charge is 0.455 e. The highest BCUT2D eigenvalue weighted by atomic mass is 16.5. The van der Waals surface area contributed by atoms with Crippen LogP contribution in [0.1, 0.15) is 25.0 Å². The molecular formula is C59H44N2O. The van der Waals surface area contributed by atoms with Gasteiger partial charge in [0.25, 0.3) is 0 Å². The van der Waals surface area contributed by atoms with E-state index in [9.17, 15) is 0 Å². The molecule has 11 rings (SSSR count). The van der Waals surface area contributed by atoms with Gasteiger partial charge in [-0.15, -0.1) is 0 Å². The lowest BCUT2D eigenvalue weighted by atomic mass is 9.81. The van der Waals surface area contributed by atoms with Crippen molar-refractivity contribution in [3.63, 3.8) is 0 Å². The van der Waals surface area contributed by atoms with Crippen molar-refractivity contribution >= 4 is 28.0 Å². The summed E-state index contributed by atoms with van der Waals surface area (Å²) < 4.78 is 8.69. The van der Waals surface area contributed by atoms with Crippen LogP contribution in [-0.4, -0.2) is 4.57 Å². The highest BCUT2D eigenvalue weighted by Gasteiger charge is 2.36. The number of anilines is 3. The average molecular weight is 797 g/mol. The number of hydrogen-bond donors (Lipinski definition) is 0. The van der Waals surface area contributed by atoms with Crippen molar-refractivity contribution in [2.24, 2.45) is 0 Å². The second kappa shape index (κ2) is 15.3. The molecule has 0 saturated carbocycles. The van der Waals surface area contributed by atoms with Crippen LogP contribution in [0.15, 0.2) is 231 Å². The topological polar surface area (TPSA) is 17.4 Å². The Morgan fingerprint density at radius 3 is 1.55 bits per heavy atom. The molecule has 3 nitrogen and oxygen atoms in total. The molecule has 3 heteroatoms. The molecule has 1 aromatic heterocycles. The smallest absolute Gasteiger partial charge is 0.153 e.